The van der Waals surface area contributed by atoms with E-state index in [4.69, 9.17) is 4.74 Å². The van der Waals surface area contributed by atoms with E-state index < -0.39 is 0 Å². The highest BCUT2D eigenvalue weighted by Crippen LogP contribution is 2.27. The van der Waals surface area contributed by atoms with Crippen molar-refractivity contribution in [2.45, 2.75) is 45.4 Å². The first-order chi connectivity index (χ1) is 9.20. The summed E-state index contributed by atoms with van der Waals surface area (Å²) in [6, 6.07) is 8.05. The van der Waals surface area contributed by atoms with Crippen LogP contribution in [0.2, 0.25) is 0 Å². The lowest BCUT2D eigenvalue weighted by Crippen LogP contribution is -2.25. The minimum Gasteiger partial charge on any atom is -0.497 e. The summed E-state index contributed by atoms with van der Waals surface area (Å²) in [5, 5.41) is 0. The number of benzene rings is 1. The Morgan fingerprint density at radius 2 is 1.84 bits per heavy atom. The van der Waals surface area contributed by atoms with Gasteiger partial charge >= 0.3 is 0 Å². The molecule has 0 aliphatic heterocycles. The topological polar surface area (TPSA) is 26.3 Å². The van der Waals surface area contributed by atoms with Gasteiger partial charge < -0.3 is 4.74 Å². The molecule has 104 valence electrons. The summed E-state index contributed by atoms with van der Waals surface area (Å²) in [6.45, 7) is 2.07. The van der Waals surface area contributed by atoms with E-state index in [1.807, 2.05) is 12.1 Å². The van der Waals surface area contributed by atoms with Crippen LogP contribution in [0.4, 0.5) is 0 Å². The number of ether oxygens (including phenoxy) is 1. The van der Waals surface area contributed by atoms with Gasteiger partial charge in [0.25, 0.3) is 0 Å². The Hall–Kier alpha value is -1.31. The van der Waals surface area contributed by atoms with E-state index in [0.717, 1.165) is 25.0 Å². The van der Waals surface area contributed by atoms with Crippen LogP contribution in [0.5, 0.6) is 5.75 Å². The molecule has 1 aromatic rings. The van der Waals surface area contributed by atoms with Gasteiger partial charge in [0.05, 0.1) is 7.11 Å². The zero-order valence-corrected chi connectivity index (χ0v) is 12.0. The molecule has 0 radical (unpaired) electrons. The number of Topliss-reactive ketones (excluding diaryl/α,β-unsaturated/α-hetero) is 1. The molecule has 1 aliphatic carbocycles. The van der Waals surface area contributed by atoms with E-state index in [-0.39, 0.29) is 5.92 Å². The van der Waals surface area contributed by atoms with Crippen molar-refractivity contribution < 1.29 is 9.53 Å². The van der Waals surface area contributed by atoms with Gasteiger partial charge in [-0.25, -0.2) is 0 Å². The van der Waals surface area contributed by atoms with Crippen molar-refractivity contribution in [2.75, 3.05) is 7.11 Å². The van der Waals surface area contributed by atoms with E-state index in [0.29, 0.717) is 11.7 Å². The molecule has 2 heteroatoms. The van der Waals surface area contributed by atoms with Crippen LogP contribution in [0.15, 0.2) is 24.3 Å². The molecule has 2 nitrogen and oxygen atoms in total. The summed E-state index contributed by atoms with van der Waals surface area (Å²) < 4.78 is 5.15. The monoisotopic (exact) mass is 260 g/mol. The van der Waals surface area contributed by atoms with Crippen molar-refractivity contribution >= 4 is 5.78 Å². The molecule has 0 heterocycles. The lowest BCUT2D eigenvalue weighted by Gasteiger charge is -2.23. The van der Waals surface area contributed by atoms with Gasteiger partial charge in [0.2, 0.25) is 0 Å². The molecule has 1 saturated carbocycles. The maximum atomic E-state index is 12.4. The van der Waals surface area contributed by atoms with E-state index in [9.17, 15) is 4.79 Å². The molecule has 0 amide bonds. The Bertz CT molecular complexity index is 402. The highest BCUT2D eigenvalue weighted by atomic mass is 16.5. The zero-order valence-electron chi connectivity index (χ0n) is 12.0. The summed E-state index contributed by atoms with van der Waals surface area (Å²) in [4.78, 5) is 12.4. The highest BCUT2D eigenvalue weighted by Gasteiger charge is 2.25. The number of carbonyl (C=O) groups is 1. The van der Waals surface area contributed by atoms with Crippen LogP contribution in [0, 0.1) is 11.8 Å². The molecular formula is C17H24O2. The van der Waals surface area contributed by atoms with E-state index in [2.05, 4.69) is 19.1 Å². The van der Waals surface area contributed by atoms with Gasteiger partial charge in [0.15, 0.2) is 0 Å². The highest BCUT2D eigenvalue weighted by molar-refractivity contribution is 5.83. The third-order valence-electron chi connectivity index (χ3n) is 4.19. The summed E-state index contributed by atoms with van der Waals surface area (Å²) in [5.41, 5.74) is 1.22. The summed E-state index contributed by atoms with van der Waals surface area (Å²) in [7, 11) is 1.67. The third-order valence-corrected chi connectivity index (χ3v) is 4.19. The fourth-order valence-corrected chi connectivity index (χ4v) is 3.01. The van der Waals surface area contributed by atoms with E-state index in [1.54, 1.807) is 7.11 Å². The largest absolute Gasteiger partial charge is 0.497 e. The Morgan fingerprint density at radius 3 is 2.42 bits per heavy atom. The minimum absolute atomic E-state index is 0.136. The molecule has 0 N–H and O–H groups in total. The molecule has 0 saturated heterocycles. The van der Waals surface area contributed by atoms with Gasteiger partial charge in [-0.3, -0.25) is 4.79 Å². The van der Waals surface area contributed by atoms with Crippen LogP contribution >= 0.6 is 0 Å². The molecule has 1 aliphatic rings. The first kappa shape index (κ1) is 14.1. The number of carbonyl (C=O) groups excluding carboxylic acids is 1. The average molecular weight is 260 g/mol. The summed E-state index contributed by atoms with van der Waals surface area (Å²) in [6.07, 6.45) is 6.81. The molecule has 0 unspecified atom stereocenters. The number of methoxy groups -OCH3 is 1. The van der Waals surface area contributed by atoms with Crippen LogP contribution in [0.3, 0.4) is 0 Å². The van der Waals surface area contributed by atoms with Crippen molar-refractivity contribution in [1.29, 1.82) is 0 Å². The fourth-order valence-electron chi connectivity index (χ4n) is 3.01. The quantitative estimate of drug-likeness (QED) is 0.799. The second kappa shape index (κ2) is 6.74. The number of ketones is 1. The Kier molecular flexibility index (Phi) is 5.00. The first-order valence-corrected chi connectivity index (χ1v) is 7.37. The minimum atomic E-state index is 0.136. The van der Waals surface area contributed by atoms with E-state index in [1.165, 1.54) is 24.8 Å². The van der Waals surface area contributed by atoms with Crippen molar-refractivity contribution in [2.24, 2.45) is 11.8 Å². The first-order valence-electron chi connectivity index (χ1n) is 7.37. The van der Waals surface area contributed by atoms with Crippen LogP contribution in [0.25, 0.3) is 0 Å². The summed E-state index contributed by atoms with van der Waals surface area (Å²) in [5.74, 6) is 1.80. The Balaban J connectivity index is 1.91. The lowest BCUT2D eigenvalue weighted by atomic mass is 9.80. The van der Waals surface area contributed by atoms with Crippen LogP contribution in [-0.2, 0) is 11.2 Å². The van der Waals surface area contributed by atoms with Crippen molar-refractivity contribution in [3.8, 4) is 5.75 Å². The maximum absolute atomic E-state index is 12.4. The third kappa shape index (κ3) is 3.82. The molecular weight excluding hydrogens is 236 g/mol. The van der Waals surface area contributed by atoms with Crippen molar-refractivity contribution in [3.05, 3.63) is 29.8 Å². The van der Waals surface area contributed by atoms with Crippen LogP contribution in [-0.4, -0.2) is 12.9 Å². The fraction of sp³-hybridized carbons (Fsp3) is 0.588. The zero-order chi connectivity index (χ0) is 13.7. The van der Waals surface area contributed by atoms with Gasteiger partial charge in [-0.2, -0.15) is 0 Å². The number of hydrogen-bond acceptors (Lipinski definition) is 2. The molecule has 2 rings (SSSR count). The smallest absolute Gasteiger partial charge is 0.139 e. The van der Waals surface area contributed by atoms with Gasteiger partial charge in [-0.05, 0) is 37.0 Å². The van der Waals surface area contributed by atoms with Gasteiger partial charge in [-0.1, -0.05) is 38.3 Å². The normalized spacial score (nSPS) is 18.0. The molecule has 19 heavy (non-hydrogen) atoms. The molecule has 1 aromatic carbocycles. The molecule has 0 aromatic heterocycles. The molecule has 0 spiro atoms. The molecule has 1 atom stereocenters. The lowest BCUT2D eigenvalue weighted by molar-refractivity contribution is -0.127. The predicted octanol–water partition coefficient (Wildman–Crippen LogP) is 4.02. The Morgan fingerprint density at radius 1 is 1.21 bits per heavy atom. The predicted molar refractivity (Wildman–Crippen MR) is 77.4 cm³/mol. The van der Waals surface area contributed by atoms with Gasteiger partial charge in [0.1, 0.15) is 11.5 Å². The van der Waals surface area contributed by atoms with Crippen LogP contribution in [0.1, 0.15) is 44.6 Å². The second-order valence-electron chi connectivity index (χ2n) is 5.69. The second-order valence-corrected chi connectivity index (χ2v) is 5.69. The molecule has 1 fully saturated rings. The SMILES string of the molecule is COc1ccc(C[C@@H](C)C(=O)C2CCCCC2)cc1. The van der Waals surface area contributed by atoms with Gasteiger partial charge in [0, 0.05) is 11.8 Å². The van der Waals surface area contributed by atoms with Gasteiger partial charge in [-0.15, -0.1) is 0 Å². The van der Waals surface area contributed by atoms with Crippen LogP contribution < -0.4 is 4.74 Å². The summed E-state index contributed by atoms with van der Waals surface area (Å²) >= 11 is 0. The van der Waals surface area contributed by atoms with E-state index >= 15 is 0 Å². The standard InChI is InChI=1S/C17H24O2/c1-13(17(18)15-6-4-3-5-7-15)12-14-8-10-16(19-2)11-9-14/h8-11,13,15H,3-7,12H2,1-2H3/t13-/m1/s1. The maximum Gasteiger partial charge on any atom is 0.139 e. The number of hydrogen-bond donors (Lipinski definition) is 0. The number of rotatable bonds is 5. The molecule has 0 bridgehead atoms. The van der Waals surface area contributed by atoms with Crippen molar-refractivity contribution in [1.82, 2.24) is 0 Å². The average Bonchev–Trinajstić information content (AvgIpc) is 2.48. The Labute approximate surface area is 116 Å². The van der Waals surface area contributed by atoms with Crippen molar-refractivity contribution in [3.63, 3.8) is 0 Å².